The van der Waals surface area contributed by atoms with Crippen molar-refractivity contribution in [2.75, 3.05) is 11.5 Å². The molecule has 0 aromatic rings. The lowest BCUT2D eigenvalue weighted by Gasteiger charge is -2.19. The second-order valence-corrected chi connectivity index (χ2v) is 12.4. The van der Waals surface area contributed by atoms with Crippen molar-refractivity contribution in [1.82, 2.24) is 0 Å². The molecule has 158 valence electrons. The molecular formula is C18H38S8. The molecule has 6 atom stereocenters. The Morgan fingerprint density at radius 1 is 0.385 bits per heavy atom. The molecule has 0 saturated heterocycles. The fraction of sp³-hybridized carbons (Fsp3) is 1.00. The molecule has 26 heavy (non-hydrogen) atoms. The van der Waals surface area contributed by atoms with Gasteiger partial charge in [-0.15, -0.1) is 0 Å². The maximum absolute atomic E-state index is 4.76. The van der Waals surface area contributed by atoms with Crippen molar-refractivity contribution in [2.24, 2.45) is 0 Å². The summed E-state index contributed by atoms with van der Waals surface area (Å²) in [6.45, 7) is 0. The van der Waals surface area contributed by atoms with E-state index in [0.29, 0.717) is 31.5 Å². The molecule has 0 N–H and O–H groups in total. The Bertz CT molecular complexity index is 318. The molecule has 0 aromatic carbocycles. The Kier molecular flexibility index (Phi) is 20.6. The molecule has 0 rings (SSSR count). The third-order valence-electron chi connectivity index (χ3n) is 4.55. The van der Waals surface area contributed by atoms with E-state index in [2.05, 4.69) is 63.1 Å². The first-order valence-corrected chi connectivity index (χ1v) is 13.9. The van der Waals surface area contributed by atoms with Crippen LogP contribution in [0, 0.1) is 0 Å². The highest BCUT2D eigenvalue weighted by Gasteiger charge is 2.14. The number of thiol groups is 8. The molecule has 0 radical (unpaired) electrons. The van der Waals surface area contributed by atoms with Gasteiger partial charge in [-0.25, -0.2) is 0 Å². The second-order valence-electron chi connectivity index (χ2n) is 7.16. The molecule has 0 aliphatic rings. The summed E-state index contributed by atoms with van der Waals surface area (Å²) in [5.74, 6) is 1.72. The van der Waals surface area contributed by atoms with Crippen molar-refractivity contribution >= 4 is 101 Å². The summed E-state index contributed by atoms with van der Waals surface area (Å²) >= 11 is 36.5. The highest BCUT2D eigenvalue weighted by molar-refractivity contribution is 7.85. The number of rotatable bonds is 17. The van der Waals surface area contributed by atoms with Crippen LogP contribution in [0.4, 0.5) is 0 Å². The Hall–Kier alpha value is 2.80. The zero-order valence-electron chi connectivity index (χ0n) is 15.5. The predicted octanol–water partition coefficient (Wildman–Crippen LogP) is 6.54. The van der Waals surface area contributed by atoms with Gasteiger partial charge in [0.05, 0.1) is 0 Å². The van der Waals surface area contributed by atoms with E-state index in [9.17, 15) is 0 Å². The lowest BCUT2D eigenvalue weighted by molar-refractivity contribution is 0.561. The lowest BCUT2D eigenvalue weighted by atomic mass is 10.0. The zero-order chi connectivity index (χ0) is 19.9. The van der Waals surface area contributed by atoms with Crippen molar-refractivity contribution < 1.29 is 0 Å². The molecule has 0 spiro atoms. The molecule has 8 heteroatoms. The van der Waals surface area contributed by atoms with E-state index < -0.39 is 0 Å². The summed E-state index contributed by atoms with van der Waals surface area (Å²) in [4.78, 5) is 0. The topological polar surface area (TPSA) is 0 Å². The van der Waals surface area contributed by atoms with Gasteiger partial charge < -0.3 is 0 Å². The average molecular weight is 511 g/mol. The average Bonchev–Trinajstić information content (AvgIpc) is 2.61. The van der Waals surface area contributed by atoms with Crippen LogP contribution >= 0.6 is 101 Å². The standard InChI is InChI=1S/C18H38S8/c19-10-9-16(24)6-5-14(22)2-1-13(21)3-4-15(23)7-8-17(25)11-18(26)12-20/h13-26H,1-12H2. The van der Waals surface area contributed by atoms with Crippen LogP contribution in [-0.4, -0.2) is 43.0 Å². The molecular weight excluding hydrogens is 473 g/mol. The fourth-order valence-electron chi connectivity index (χ4n) is 2.77. The quantitative estimate of drug-likeness (QED) is 0.100. The van der Waals surface area contributed by atoms with Crippen molar-refractivity contribution in [1.29, 1.82) is 0 Å². The highest BCUT2D eigenvalue weighted by Crippen LogP contribution is 2.24. The van der Waals surface area contributed by atoms with Gasteiger partial charge in [0.25, 0.3) is 0 Å². The third-order valence-corrected chi connectivity index (χ3v) is 8.46. The summed E-state index contributed by atoms with van der Waals surface area (Å²) in [6.07, 6.45) is 11.0. The van der Waals surface area contributed by atoms with Gasteiger partial charge in [0.1, 0.15) is 0 Å². The summed E-state index contributed by atoms with van der Waals surface area (Å²) < 4.78 is 0. The molecule has 0 aromatic heterocycles. The van der Waals surface area contributed by atoms with Gasteiger partial charge in [0.2, 0.25) is 0 Å². The van der Waals surface area contributed by atoms with E-state index in [0.717, 1.165) is 75.7 Å². The summed E-state index contributed by atoms with van der Waals surface area (Å²) in [5, 5.41) is 2.53. The van der Waals surface area contributed by atoms with Gasteiger partial charge in [-0.3, -0.25) is 0 Å². The minimum atomic E-state index is 0.339. The molecule has 0 saturated carbocycles. The van der Waals surface area contributed by atoms with Crippen molar-refractivity contribution in [3.63, 3.8) is 0 Å². The van der Waals surface area contributed by atoms with Gasteiger partial charge in [0.15, 0.2) is 0 Å². The van der Waals surface area contributed by atoms with Crippen LogP contribution < -0.4 is 0 Å². The molecule has 0 aliphatic carbocycles. The Labute approximate surface area is 206 Å². The van der Waals surface area contributed by atoms with Crippen LogP contribution in [0.25, 0.3) is 0 Å². The Balaban J connectivity index is 3.75. The third kappa shape index (κ3) is 17.6. The summed E-state index contributed by atoms with van der Waals surface area (Å²) in [6, 6.07) is 0. The van der Waals surface area contributed by atoms with Crippen LogP contribution in [-0.2, 0) is 0 Å². The molecule has 0 nitrogen and oxygen atoms in total. The SMILES string of the molecule is SCCC(S)CCC(S)CCC(S)CCC(S)CCC(S)CC(S)CS. The second kappa shape index (κ2) is 18.6. The summed E-state index contributed by atoms with van der Waals surface area (Å²) in [7, 11) is 0. The van der Waals surface area contributed by atoms with Crippen LogP contribution in [0.3, 0.4) is 0 Å². The molecule has 0 heterocycles. The van der Waals surface area contributed by atoms with E-state index >= 15 is 0 Å². The Morgan fingerprint density at radius 2 is 0.692 bits per heavy atom. The number of hydrogen-bond donors (Lipinski definition) is 8. The molecule has 0 aliphatic heterocycles. The number of hydrogen-bond acceptors (Lipinski definition) is 8. The van der Waals surface area contributed by atoms with Gasteiger partial charge in [-0.2, -0.15) is 101 Å². The van der Waals surface area contributed by atoms with Crippen LogP contribution in [0.15, 0.2) is 0 Å². The minimum absolute atomic E-state index is 0.339. The van der Waals surface area contributed by atoms with Crippen LogP contribution in [0.2, 0.25) is 0 Å². The van der Waals surface area contributed by atoms with Gasteiger partial charge in [-0.05, 0) is 70.0 Å². The van der Waals surface area contributed by atoms with E-state index in [1.165, 1.54) is 0 Å². The minimum Gasteiger partial charge on any atom is -0.179 e. The lowest BCUT2D eigenvalue weighted by Crippen LogP contribution is -2.13. The van der Waals surface area contributed by atoms with Gasteiger partial charge >= 0.3 is 0 Å². The van der Waals surface area contributed by atoms with E-state index in [4.69, 9.17) is 37.9 Å². The van der Waals surface area contributed by atoms with Crippen LogP contribution in [0.1, 0.15) is 64.2 Å². The Morgan fingerprint density at radius 3 is 1.00 bits per heavy atom. The first-order chi connectivity index (χ1) is 12.3. The highest BCUT2D eigenvalue weighted by atomic mass is 32.1. The van der Waals surface area contributed by atoms with E-state index in [1.807, 2.05) is 0 Å². The van der Waals surface area contributed by atoms with Gasteiger partial charge in [-0.1, -0.05) is 0 Å². The first kappa shape index (κ1) is 28.8. The first-order valence-electron chi connectivity index (χ1n) is 9.58. The maximum Gasteiger partial charge on any atom is 0.0115 e. The van der Waals surface area contributed by atoms with Crippen LogP contribution in [0.5, 0.6) is 0 Å². The van der Waals surface area contributed by atoms with Gasteiger partial charge in [0, 0.05) is 37.3 Å². The van der Waals surface area contributed by atoms with E-state index in [1.54, 1.807) is 0 Å². The fourth-order valence-corrected chi connectivity index (χ4v) is 5.43. The van der Waals surface area contributed by atoms with Crippen molar-refractivity contribution in [3.8, 4) is 0 Å². The normalized spacial score (nSPS) is 18.9. The van der Waals surface area contributed by atoms with Crippen molar-refractivity contribution in [2.45, 2.75) is 95.7 Å². The smallest absolute Gasteiger partial charge is 0.0115 e. The molecule has 0 amide bonds. The van der Waals surface area contributed by atoms with Crippen molar-refractivity contribution in [3.05, 3.63) is 0 Å². The molecule has 6 unspecified atom stereocenters. The maximum atomic E-state index is 4.76. The predicted molar refractivity (Wildman–Crippen MR) is 151 cm³/mol. The zero-order valence-corrected chi connectivity index (χ0v) is 22.7. The molecule has 0 bridgehead atoms. The van der Waals surface area contributed by atoms with E-state index in [-0.39, 0.29) is 0 Å². The summed E-state index contributed by atoms with van der Waals surface area (Å²) in [5.41, 5.74) is 0. The monoisotopic (exact) mass is 510 g/mol. The largest absolute Gasteiger partial charge is 0.179 e. The molecule has 0 fully saturated rings.